The molecule has 11 heteroatoms. The lowest BCUT2D eigenvalue weighted by atomic mass is 9.71. The minimum absolute atomic E-state index is 0.00680. The van der Waals surface area contributed by atoms with Crippen molar-refractivity contribution in [2.24, 2.45) is 41.2 Å². The van der Waals surface area contributed by atoms with Gasteiger partial charge in [0.25, 0.3) is 5.91 Å². The van der Waals surface area contributed by atoms with Crippen molar-refractivity contribution in [2.75, 3.05) is 39.3 Å². The Kier molecular flexibility index (Phi) is 18.5. The number of nitrogens with two attached hydrogens (primary N) is 1. The predicted octanol–water partition coefficient (Wildman–Crippen LogP) is 8.95. The number of fused-ring (bicyclic) bond motifs is 1. The third kappa shape index (κ3) is 13.7. The zero-order valence-electron chi connectivity index (χ0n) is 34.8. The fraction of sp³-hybridized carbons (Fsp3) is 0.667. The molecule has 2 amide bonds. The van der Waals surface area contributed by atoms with E-state index >= 15 is 0 Å². The van der Waals surface area contributed by atoms with E-state index in [9.17, 15) is 14.4 Å². The molecule has 10 nitrogen and oxygen atoms in total. The van der Waals surface area contributed by atoms with Gasteiger partial charge in [-0.05, 0) is 79.8 Å². The second-order valence-corrected chi connectivity index (χ2v) is 20.8. The summed E-state index contributed by atoms with van der Waals surface area (Å²) >= 11 is 0. The molecule has 53 heavy (non-hydrogen) atoms. The molecule has 0 aromatic heterocycles. The number of hydrogen-bond acceptors (Lipinski definition) is 8. The Labute approximate surface area is 321 Å². The summed E-state index contributed by atoms with van der Waals surface area (Å²) in [5.74, 6) is 0.937. The zero-order valence-corrected chi connectivity index (χ0v) is 35.8. The van der Waals surface area contributed by atoms with Crippen molar-refractivity contribution in [1.82, 2.24) is 0 Å². The van der Waals surface area contributed by atoms with Crippen LogP contribution >= 0.6 is 0 Å². The zero-order chi connectivity index (χ0) is 40.1. The summed E-state index contributed by atoms with van der Waals surface area (Å²) in [6.45, 7) is 23.7. The molecule has 0 aliphatic carbocycles. The van der Waals surface area contributed by atoms with Crippen LogP contribution in [0.3, 0.4) is 0 Å². The topological polar surface area (TPSA) is 130 Å². The maximum atomic E-state index is 12.5. The smallest absolute Gasteiger partial charge is 0.404 e. The third-order valence-corrected chi connectivity index (χ3v) is 14.7. The average molecular weight is 759 g/mol. The molecule has 0 radical (unpaired) electrons. The van der Waals surface area contributed by atoms with E-state index in [1.54, 1.807) is 19.1 Å². The second-order valence-electron chi connectivity index (χ2n) is 16.3. The van der Waals surface area contributed by atoms with Gasteiger partial charge in [-0.25, -0.2) is 4.79 Å². The summed E-state index contributed by atoms with van der Waals surface area (Å²) in [4.78, 5) is 37.5. The average Bonchev–Trinajstić information content (AvgIpc) is 3.07. The fourth-order valence-electron chi connectivity index (χ4n) is 7.44. The molecule has 0 saturated heterocycles. The van der Waals surface area contributed by atoms with Gasteiger partial charge in [-0.15, -0.1) is 0 Å². The molecule has 1 aromatic rings. The number of amides is 2. The van der Waals surface area contributed by atoms with Gasteiger partial charge in [0, 0.05) is 32.0 Å². The van der Waals surface area contributed by atoms with Gasteiger partial charge in [0.2, 0.25) is 0 Å². The van der Waals surface area contributed by atoms with Gasteiger partial charge in [0.05, 0.1) is 11.8 Å². The Morgan fingerprint density at radius 1 is 1.06 bits per heavy atom. The molecular weight excluding hydrogens is 689 g/mol. The number of ether oxygens (including phenoxy) is 5. The molecule has 0 fully saturated rings. The summed E-state index contributed by atoms with van der Waals surface area (Å²) in [5.41, 5.74) is 8.48. The van der Waals surface area contributed by atoms with Gasteiger partial charge in [0.1, 0.15) is 25.4 Å². The van der Waals surface area contributed by atoms with E-state index in [2.05, 4.69) is 86.6 Å². The highest BCUT2D eigenvalue weighted by molar-refractivity contribution is 6.72. The van der Waals surface area contributed by atoms with Crippen LogP contribution in [0.15, 0.2) is 48.1 Å². The Balaban J connectivity index is 2.37. The van der Waals surface area contributed by atoms with Crippen LogP contribution in [0.2, 0.25) is 18.1 Å². The summed E-state index contributed by atoms with van der Waals surface area (Å²) in [6, 6.07) is 5.79. The van der Waals surface area contributed by atoms with Crippen molar-refractivity contribution in [1.29, 1.82) is 0 Å². The lowest BCUT2D eigenvalue weighted by molar-refractivity contribution is -0.122. The SMILES string of the molecule is CC/C=C\C(C)[C@H](OC(N)=O)[C@@H](C)[C@H](CC(C)(C)[Si](C)(C)O)[C@@H](C)C/C(C)=C\[C@H](C)[C@@H](OCOC)C(C)/C=C\c1ccc2c(c1)N(COC)C(=O)CO2. The molecule has 0 bridgehead atoms. The van der Waals surface area contributed by atoms with E-state index in [1.807, 2.05) is 37.4 Å². The summed E-state index contributed by atoms with van der Waals surface area (Å²) in [7, 11) is 0.655. The van der Waals surface area contributed by atoms with Crippen LogP contribution in [0, 0.1) is 35.5 Å². The normalized spacial score (nSPS) is 18.9. The van der Waals surface area contributed by atoms with Crippen molar-refractivity contribution in [3.8, 4) is 5.75 Å². The summed E-state index contributed by atoms with van der Waals surface area (Å²) in [6.07, 6.45) is 11.9. The quantitative estimate of drug-likeness (QED) is 0.0681. The minimum Gasteiger partial charge on any atom is -0.482 e. The number of rotatable bonds is 22. The molecule has 2 unspecified atom stereocenters. The van der Waals surface area contributed by atoms with E-state index in [0.29, 0.717) is 11.4 Å². The Morgan fingerprint density at radius 2 is 1.72 bits per heavy atom. The van der Waals surface area contributed by atoms with Crippen LogP contribution in [0.1, 0.15) is 87.1 Å². The molecule has 0 spiro atoms. The van der Waals surface area contributed by atoms with Crippen LogP contribution in [0.5, 0.6) is 5.75 Å². The Morgan fingerprint density at radius 3 is 2.30 bits per heavy atom. The number of carbonyl (C=O) groups is 2. The van der Waals surface area contributed by atoms with Gasteiger partial charge in [0.15, 0.2) is 14.9 Å². The molecule has 1 aliphatic rings. The number of primary amides is 1. The van der Waals surface area contributed by atoms with Gasteiger partial charge in [-0.1, -0.05) is 97.4 Å². The largest absolute Gasteiger partial charge is 0.482 e. The van der Waals surface area contributed by atoms with Crippen LogP contribution < -0.4 is 15.4 Å². The highest BCUT2D eigenvalue weighted by Crippen LogP contribution is 2.47. The maximum absolute atomic E-state index is 12.5. The van der Waals surface area contributed by atoms with Crippen LogP contribution in [-0.2, 0) is 23.7 Å². The van der Waals surface area contributed by atoms with Crippen LogP contribution in [0.4, 0.5) is 10.5 Å². The summed E-state index contributed by atoms with van der Waals surface area (Å²) < 4.78 is 28.4. The molecule has 300 valence electrons. The lowest BCUT2D eigenvalue weighted by Gasteiger charge is -2.43. The minimum atomic E-state index is -2.54. The van der Waals surface area contributed by atoms with Crippen molar-refractivity contribution in [2.45, 2.75) is 112 Å². The number of hydrogen-bond donors (Lipinski definition) is 2. The van der Waals surface area contributed by atoms with Gasteiger partial charge < -0.3 is 34.2 Å². The Hall–Kier alpha value is -2.96. The first kappa shape index (κ1) is 46.2. The van der Waals surface area contributed by atoms with Crippen LogP contribution in [0.25, 0.3) is 6.08 Å². The molecule has 1 aromatic carbocycles. The first-order chi connectivity index (χ1) is 24.8. The molecule has 1 aliphatic heterocycles. The first-order valence-electron chi connectivity index (χ1n) is 19.1. The monoisotopic (exact) mass is 758 g/mol. The van der Waals surface area contributed by atoms with E-state index in [-0.39, 0.29) is 72.7 Å². The summed E-state index contributed by atoms with van der Waals surface area (Å²) in [5, 5.41) is -0.269. The number of anilines is 1. The number of methoxy groups -OCH3 is 2. The number of benzene rings is 1. The molecule has 1 heterocycles. The third-order valence-electron chi connectivity index (χ3n) is 11.2. The number of nitrogens with zero attached hydrogens (tertiary/aromatic N) is 1. The molecule has 0 saturated carbocycles. The molecule has 8 atom stereocenters. The van der Waals surface area contributed by atoms with E-state index < -0.39 is 20.5 Å². The predicted molar refractivity (Wildman–Crippen MR) is 217 cm³/mol. The van der Waals surface area contributed by atoms with Crippen molar-refractivity contribution in [3.63, 3.8) is 0 Å². The van der Waals surface area contributed by atoms with E-state index in [4.69, 9.17) is 29.4 Å². The maximum Gasteiger partial charge on any atom is 0.404 e. The van der Waals surface area contributed by atoms with Gasteiger partial charge in [-0.3, -0.25) is 9.69 Å². The first-order valence-corrected chi connectivity index (χ1v) is 22.1. The lowest BCUT2D eigenvalue weighted by Crippen LogP contribution is -2.44. The van der Waals surface area contributed by atoms with Crippen LogP contribution in [-0.4, -0.2) is 71.7 Å². The van der Waals surface area contributed by atoms with Gasteiger partial charge in [-0.2, -0.15) is 0 Å². The molecular formula is C42H70N2O8Si. The molecule has 2 rings (SSSR count). The van der Waals surface area contributed by atoms with Crippen molar-refractivity contribution < 1.29 is 38.1 Å². The van der Waals surface area contributed by atoms with E-state index in [1.165, 1.54) is 5.57 Å². The molecule has 3 N–H and O–H groups in total. The van der Waals surface area contributed by atoms with Crippen molar-refractivity contribution in [3.05, 3.63) is 53.6 Å². The van der Waals surface area contributed by atoms with E-state index in [0.717, 1.165) is 24.8 Å². The standard InChI is InChI=1S/C42H70N2O8Si/c1-14-15-16-29(3)40(52-41(43)46)33(7)35(24-42(8,9)53(12,13)47)31(5)21-28(2)22-32(6)39(51-27-49-11)30(4)17-18-34-19-20-37-36(23-34)44(26-48-10)38(45)25-50-37/h15-20,22-23,29-33,35,39-40,47H,14,21,24-27H2,1-13H3,(H2,43,46)/b16-15-,18-17-,28-22-/t29?,30?,31-,32-,33-,35+,39-,40-/m0/s1. The Bertz CT molecular complexity index is 1400. The number of carbonyl (C=O) groups excluding carboxylic acids is 2. The highest BCUT2D eigenvalue weighted by Gasteiger charge is 2.44. The highest BCUT2D eigenvalue weighted by atomic mass is 28.4. The van der Waals surface area contributed by atoms with Crippen molar-refractivity contribution >= 4 is 32.1 Å². The number of allylic oxidation sites excluding steroid dienone is 2. The fourth-order valence-corrected chi connectivity index (χ4v) is 8.18. The van der Waals surface area contributed by atoms with Gasteiger partial charge >= 0.3 is 6.09 Å². The second kappa shape index (κ2) is 21.2.